The Kier molecular flexibility index (Phi) is 4.48. The normalized spacial score (nSPS) is 16.0. The van der Waals surface area contributed by atoms with Crippen molar-refractivity contribution in [3.63, 3.8) is 0 Å². The van der Waals surface area contributed by atoms with E-state index >= 15 is 0 Å². The number of nitrogens with one attached hydrogen (secondary N) is 1. The summed E-state index contributed by atoms with van der Waals surface area (Å²) in [6.45, 7) is 4.88. The number of morpholine rings is 1. The molecule has 0 radical (unpaired) electrons. The van der Waals surface area contributed by atoms with E-state index in [1.165, 1.54) is 4.90 Å². The summed E-state index contributed by atoms with van der Waals surface area (Å²) >= 11 is 0. The van der Waals surface area contributed by atoms with Crippen LogP contribution in [0.2, 0.25) is 0 Å². The molecule has 0 spiro atoms. The van der Waals surface area contributed by atoms with E-state index in [4.69, 9.17) is 9.47 Å². The fourth-order valence-corrected chi connectivity index (χ4v) is 2.68. The summed E-state index contributed by atoms with van der Waals surface area (Å²) in [5, 5.41) is 2.01. The first kappa shape index (κ1) is 14.0. The first-order valence-corrected chi connectivity index (χ1v) is 7.41. The van der Waals surface area contributed by atoms with Gasteiger partial charge >= 0.3 is 5.97 Å². The maximum absolute atomic E-state index is 12.2. The maximum atomic E-state index is 12.2. The summed E-state index contributed by atoms with van der Waals surface area (Å²) in [6.07, 6.45) is 0. The van der Waals surface area contributed by atoms with E-state index < -0.39 is 0 Å². The van der Waals surface area contributed by atoms with Crippen molar-refractivity contribution in [3.8, 4) is 0 Å². The van der Waals surface area contributed by atoms with Crippen molar-refractivity contribution in [1.29, 1.82) is 0 Å². The van der Waals surface area contributed by atoms with Gasteiger partial charge in [-0.1, -0.05) is 36.4 Å². The summed E-state index contributed by atoms with van der Waals surface area (Å²) in [7, 11) is 0. The molecule has 0 atom stereocenters. The number of rotatable bonds is 4. The minimum atomic E-state index is -0.237. The average Bonchev–Trinajstić information content (AvgIpc) is 2.55. The molecule has 0 unspecified atom stereocenters. The molecule has 0 saturated carbocycles. The van der Waals surface area contributed by atoms with Crippen molar-refractivity contribution in [2.75, 3.05) is 39.5 Å². The molecule has 0 aromatic heterocycles. The molecule has 0 bridgehead atoms. The lowest BCUT2D eigenvalue weighted by molar-refractivity contribution is -0.908. The molecule has 0 amide bonds. The van der Waals surface area contributed by atoms with Crippen molar-refractivity contribution < 1.29 is 19.2 Å². The molecule has 110 valence electrons. The number of carbonyl (C=O) groups is 1. The van der Waals surface area contributed by atoms with E-state index in [-0.39, 0.29) is 5.97 Å². The third kappa shape index (κ3) is 3.40. The molecular weight excluding hydrogens is 266 g/mol. The van der Waals surface area contributed by atoms with Gasteiger partial charge in [0.1, 0.15) is 26.2 Å². The molecule has 3 rings (SSSR count). The standard InChI is InChI=1S/C17H19NO3/c19-17(21-13-10-18-8-11-20-12-9-18)16-7-3-5-14-4-1-2-6-15(14)16/h1-7H,8-13H2/p+1. The summed E-state index contributed by atoms with van der Waals surface area (Å²) in [5.41, 5.74) is 0.644. The van der Waals surface area contributed by atoms with Crippen LogP contribution in [-0.4, -0.2) is 45.4 Å². The fraction of sp³-hybridized carbons (Fsp3) is 0.353. The van der Waals surface area contributed by atoms with Gasteiger partial charge in [0.15, 0.2) is 0 Å². The Labute approximate surface area is 124 Å². The Balaban J connectivity index is 1.61. The SMILES string of the molecule is O=C(OCC[NH+]1CCOCC1)c1cccc2ccccc12. The summed E-state index contributed by atoms with van der Waals surface area (Å²) < 4.78 is 10.8. The minimum absolute atomic E-state index is 0.237. The van der Waals surface area contributed by atoms with E-state index in [0.717, 1.165) is 43.6 Å². The van der Waals surface area contributed by atoms with Crippen LogP contribution in [0.1, 0.15) is 10.4 Å². The zero-order valence-electron chi connectivity index (χ0n) is 12.0. The van der Waals surface area contributed by atoms with Crippen molar-refractivity contribution in [2.45, 2.75) is 0 Å². The van der Waals surface area contributed by atoms with E-state index in [9.17, 15) is 4.79 Å². The van der Waals surface area contributed by atoms with Crippen LogP contribution in [-0.2, 0) is 9.47 Å². The van der Waals surface area contributed by atoms with Crippen molar-refractivity contribution in [3.05, 3.63) is 48.0 Å². The van der Waals surface area contributed by atoms with Gasteiger partial charge in [-0.05, 0) is 16.8 Å². The summed E-state index contributed by atoms with van der Waals surface area (Å²) in [6, 6.07) is 13.6. The highest BCUT2D eigenvalue weighted by Crippen LogP contribution is 2.19. The van der Waals surface area contributed by atoms with Crippen LogP contribution in [0.5, 0.6) is 0 Å². The van der Waals surface area contributed by atoms with Gasteiger partial charge < -0.3 is 14.4 Å². The van der Waals surface area contributed by atoms with Gasteiger partial charge in [0.2, 0.25) is 0 Å². The maximum Gasteiger partial charge on any atom is 0.338 e. The van der Waals surface area contributed by atoms with Crippen LogP contribution in [0.25, 0.3) is 10.8 Å². The van der Waals surface area contributed by atoms with Crippen LogP contribution in [0.15, 0.2) is 42.5 Å². The third-order valence-electron chi connectivity index (χ3n) is 3.90. The fourth-order valence-electron chi connectivity index (χ4n) is 2.68. The monoisotopic (exact) mass is 286 g/mol. The molecule has 2 aromatic carbocycles. The molecule has 1 saturated heterocycles. The number of esters is 1. The number of fused-ring (bicyclic) bond motifs is 1. The van der Waals surface area contributed by atoms with Gasteiger partial charge in [0.05, 0.1) is 18.8 Å². The van der Waals surface area contributed by atoms with Crippen LogP contribution >= 0.6 is 0 Å². The quantitative estimate of drug-likeness (QED) is 0.849. The van der Waals surface area contributed by atoms with Crippen molar-refractivity contribution in [1.82, 2.24) is 0 Å². The number of quaternary nitrogens is 1. The van der Waals surface area contributed by atoms with E-state index in [2.05, 4.69) is 0 Å². The van der Waals surface area contributed by atoms with E-state index in [1.807, 2.05) is 42.5 Å². The molecule has 1 aliphatic rings. The molecule has 4 nitrogen and oxygen atoms in total. The lowest BCUT2D eigenvalue weighted by Crippen LogP contribution is -3.14. The Bertz CT molecular complexity index is 615. The van der Waals surface area contributed by atoms with Gasteiger partial charge in [-0.25, -0.2) is 4.79 Å². The Hall–Kier alpha value is -1.91. The predicted octanol–water partition coefficient (Wildman–Crippen LogP) is 0.912. The molecule has 0 aliphatic carbocycles. The first-order valence-electron chi connectivity index (χ1n) is 7.41. The second kappa shape index (κ2) is 6.70. The van der Waals surface area contributed by atoms with E-state index in [0.29, 0.717) is 12.2 Å². The second-order valence-electron chi connectivity index (χ2n) is 5.28. The van der Waals surface area contributed by atoms with E-state index in [1.54, 1.807) is 0 Å². The number of hydrogen-bond donors (Lipinski definition) is 1. The highest BCUT2D eigenvalue weighted by Gasteiger charge is 2.15. The second-order valence-corrected chi connectivity index (χ2v) is 5.28. The summed E-state index contributed by atoms with van der Waals surface area (Å²) in [5.74, 6) is -0.237. The summed E-state index contributed by atoms with van der Waals surface area (Å²) in [4.78, 5) is 13.7. The number of benzene rings is 2. The van der Waals surface area contributed by atoms with Crippen LogP contribution < -0.4 is 4.90 Å². The molecule has 21 heavy (non-hydrogen) atoms. The Morgan fingerprint density at radius 2 is 1.86 bits per heavy atom. The topological polar surface area (TPSA) is 40.0 Å². The largest absolute Gasteiger partial charge is 0.456 e. The lowest BCUT2D eigenvalue weighted by Gasteiger charge is -2.23. The number of ether oxygens (including phenoxy) is 2. The highest BCUT2D eigenvalue weighted by molar-refractivity contribution is 6.04. The molecule has 1 heterocycles. The molecule has 1 fully saturated rings. The van der Waals surface area contributed by atoms with Crippen molar-refractivity contribution >= 4 is 16.7 Å². The third-order valence-corrected chi connectivity index (χ3v) is 3.90. The minimum Gasteiger partial charge on any atom is -0.456 e. The lowest BCUT2D eigenvalue weighted by atomic mass is 10.1. The molecule has 1 aliphatic heterocycles. The van der Waals surface area contributed by atoms with Crippen LogP contribution in [0, 0.1) is 0 Å². The smallest absolute Gasteiger partial charge is 0.338 e. The number of carbonyl (C=O) groups excluding carboxylic acids is 1. The Morgan fingerprint density at radius 3 is 2.71 bits per heavy atom. The zero-order chi connectivity index (χ0) is 14.5. The van der Waals surface area contributed by atoms with Crippen LogP contribution in [0.3, 0.4) is 0 Å². The van der Waals surface area contributed by atoms with Crippen LogP contribution in [0.4, 0.5) is 0 Å². The van der Waals surface area contributed by atoms with Gasteiger partial charge in [-0.3, -0.25) is 0 Å². The molecule has 1 N–H and O–H groups in total. The molecule has 4 heteroatoms. The van der Waals surface area contributed by atoms with Gasteiger partial charge in [-0.2, -0.15) is 0 Å². The molecule has 2 aromatic rings. The first-order chi connectivity index (χ1) is 10.3. The zero-order valence-corrected chi connectivity index (χ0v) is 12.0. The highest BCUT2D eigenvalue weighted by atomic mass is 16.5. The van der Waals surface area contributed by atoms with Gasteiger partial charge in [-0.15, -0.1) is 0 Å². The van der Waals surface area contributed by atoms with Crippen molar-refractivity contribution in [2.24, 2.45) is 0 Å². The number of hydrogen-bond acceptors (Lipinski definition) is 3. The molecular formula is C17H20NO3+. The van der Waals surface area contributed by atoms with Gasteiger partial charge in [0.25, 0.3) is 0 Å². The average molecular weight is 286 g/mol. The Morgan fingerprint density at radius 1 is 1.10 bits per heavy atom. The predicted molar refractivity (Wildman–Crippen MR) is 80.6 cm³/mol. The van der Waals surface area contributed by atoms with Gasteiger partial charge in [0, 0.05) is 0 Å².